The van der Waals surface area contributed by atoms with Gasteiger partial charge in [-0.2, -0.15) is 9.78 Å². The molecule has 11 nitrogen and oxygen atoms in total. The SMILES string of the molecule is CCCOc1ccc(-c2c(C(=O)N/N=C/c3ccc(F)cc3)nnn2-c2nonc2N)cc1. The zero-order chi connectivity index (χ0) is 23.2. The maximum Gasteiger partial charge on any atom is 0.294 e. The van der Waals surface area contributed by atoms with Gasteiger partial charge in [-0.25, -0.2) is 14.4 Å². The molecule has 12 heteroatoms. The van der Waals surface area contributed by atoms with Crippen molar-refractivity contribution in [2.24, 2.45) is 5.10 Å². The van der Waals surface area contributed by atoms with Crippen molar-refractivity contribution < 1.29 is 18.6 Å². The number of nitrogens with two attached hydrogens (primary N) is 1. The lowest BCUT2D eigenvalue weighted by Gasteiger charge is -2.08. The fourth-order valence-electron chi connectivity index (χ4n) is 2.88. The van der Waals surface area contributed by atoms with Gasteiger partial charge in [-0.1, -0.05) is 24.3 Å². The largest absolute Gasteiger partial charge is 0.494 e. The number of hydrogen-bond donors (Lipinski definition) is 2. The molecule has 0 aliphatic heterocycles. The zero-order valence-electron chi connectivity index (χ0n) is 17.5. The Balaban J connectivity index is 1.65. The highest BCUT2D eigenvalue weighted by Crippen LogP contribution is 2.28. The van der Waals surface area contributed by atoms with E-state index >= 15 is 0 Å². The first kappa shape index (κ1) is 21.6. The summed E-state index contributed by atoms with van der Waals surface area (Å²) in [5, 5.41) is 19.2. The number of aromatic nitrogens is 5. The van der Waals surface area contributed by atoms with Crippen molar-refractivity contribution >= 4 is 17.9 Å². The lowest BCUT2D eigenvalue weighted by molar-refractivity contribution is 0.0950. The summed E-state index contributed by atoms with van der Waals surface area (Å²) < 4.78 is 24.6. The Hall–Kier alpha value is -4.61. The number of carbonyl (C=O) groups excluding carboxylic acids is 1. The number of benzene rings is 2. The van der Waals surface area contributed by atoms with E-state index in [1.807, 2.05) is 6.92 Å². The van der Waals surface area contributed by atoms with Crippen LogP contribution in [0.15, 0.2) is 58.3 Å². The number of amides is 1. The summed E-state index contributed by atoms with van der Waals surface area (Å²) in [4.78, 5) is 12.8. The predicted octanol–water partition coefficient (Wildman–Crippen LogP) is 2.59. The molecule has 0 atom stereocenters. The van der Waals surface area contributed by atoms with Gasteiger partial charge in [-0.05, 0) is 58.7 Å². The van der Waals surface area contributed by atoms with Gasteiger partial charge in [0.05, 0.1) is 12.8 Å². The molecule has 0 saturated heterocycles. The number of hydrogen-bond acceptors (Lipinski definition) is 9. The van der Waals surface area contributed by atoms with E-state index in [-0.39, 0.29) is 23.1 Å². The van der Waals surface area contributed by atoms with Crippen molar-refractivity contribution in [2.45, 2.75) is 13.3 Å². The first-order chi connectivity index (χ1) is 16.1. The number of halogens is 1. The van der Waals surface area contributed by atoms with Crippen LogP contribution < -0.4 is 15.9 Å². The van der Waals surface area contributed by atoms with Gasteiger partial charge in [0.2, 0.25) is 11.6 Å². The normalized spacial score (nSPS) is 11.1. The van der Waals surface area contributed by atoms with Crippen LogP contribution in [-0.2, 0) is 0 Å². The van der Waals surface area contributed by atoms with Gasteiger partial charge in [0.25, 0.3) is 5.91 Å². The third-order valence-corrected chi connectivity index (χ3v) is 4.43. The van der Waals surface area contributed by atoms with Crippen molar-refractivity contribution in [3.8, 4) is 22.8 Å². The molecule has 0 aliphatic rings. The summed E-state index contributed by atoms with van der Waals surface area (Å²) in [7, 11) is 0. The van der Waals surface area contributed by atoms with Crippen LogP contribution in [0.25, 0.3) is 17.1 Å². The molecule has 0 radical (unpaired) electrons. The van der Waals surface area contributed by atoms with Crippen LogP contribution in [0.4, 0.5) is 10.2 Å². The van der Waals surface area contributed by atoms with Crippen LogP contribution in [0.3, 0.4) is 0 Å². The predicted molar refractivity (Wildman–Crippen MR) is 116 cm³/mol. The Labute approximate surface area is 187 Å². The fraction of sp³-hybridized carbons (Fsp3) is 0.143. The minimum Gasteiger partial charge on any atom is -0.494 e. The molecule has 168 valence electrons. The Morgan fingerprint density at radius 1 is 1.21 bits per heavy atom. The number of nitrogens with zero attached hydrogens (tertiary/aromatic N) is 6. The molecule has 1 amide bonds. The minimum absolute atomic E-state index is 0.0228. The second-order valence-corrected chi connectivity index (χ2v) is 6.80. The van der Waals surface area contributed by atoms with E-state index in [0.717, 1.165) is 6.42 Å². The Morgan fingerprint density at radius 3 is 2.64 bits per heavy atom. The van der Waals surface area contributed by atoms with Crippen LogP contribution in [0.1, 0.15) is 29.4 Å². The summed E-state index contributed by atoms with van der Waals surface area (Å²) in [6.45, 7) is 2.60. The lowest BCUT2D eigenvalue weighted by Crippen LogP contribution is -2.19. The maximum absolute atomic E-state index is 13.0. The van der Waals surface area contributed by atoms with Crippen LogP contribution in [-0.4, -0.2) is 44.0 Å². The Bertz CT molecular complexity index is 1270. The molecular weight excluding hydrogens is 431 g/mol. The number of nitrogen functional groups attached to an aromatic ring is 1. The highest BCUT2D eigenvalue weighted by atomic mass is 19.1. The molecule has 2 aromatic heterocycles. The van der Waals surface area contributed by atoms with Gasteiger partial charge in [0.1, 0.15) is 17.3 Å². The average molecular weight is 450 g/mol. The molecule has 4 aromatic rings. The highest BCUT2D eigenvalue weighted by molar-refractivity contribution is 5.98. The summed E-state index contributed by atoms with van der Waals surface area (Å²) in [6, 6.07) is 12.7. The van der Waals surface area contributed by atoms with Crippen molar-refractivity contribution in [3.63, 3.8) is 0 Å². The first-order valence-electron chi connectivity index (χ1n) is 9.93. The quantitative estimate of drug-likeness (QED) is 0.308. The minimum atomic E-state index is -0.629. The van der Waals surface area contributed by atoms with Crippen molar-refractivity contribution in [3.05, 3.63) is 65.6 Å². The van der Waals surface area contributed by atoms with Gasteiger partial charge in [-0.3, -0.25) is 4.79 Å². The molecule has 3 N–H and O–H groups in total. The highest BCUT2D eigenvalue weighted by Gasteiger charge is 2.25. The topological polar surface area (TPSA) is 146 Å². The van der Waals surface area contributed by atoms with Gasteiger partial charge in [-0.15, -0.1) is 5.10 Å². The number of ether oxygens (including phenoxy) is 1. The van der Waals surface area contributed by atoms with Crippen LogP contribution in [0.2, 0.25) is 0 Å². The van der Waals surface area contributed by atoms with Crippen molar-refractivity contribution in [2.75, 3.05) is 12.3 Å². The van der Waals surface area contributed by atoms with Gasteiger partial charge >= 0.3 is 0 Å². The zero-order valence-corrected chi connectivity index (χ0v) is 17.5. The van der Waals surface area contributed by atoms with E-state index in [2.05, 4.69) is 35.8 Å². The van der Waals surface area contributed by atoms with Crippen molar-refractivity contribution in [1.82, 2.24) is 30.7 Å². The number of rotatable bonds is 8. The molecule has 2 aromatic carbocycles. The van der Waals surface area contributed by atoms with Crippen molar-refractivity contribution in [1.29, 1.82) is 0 Å². The molecule has 4 rings (SSSR count). The van der Waals surface area contributed by atoms with E-state index in [0.29, 0.717) is 29.2 Å². The lowest BCUT2D eigenvalue weighted by atomic mass is 10.1. The van der Waals surface area contributed by atoms with E-state index in [1.165, 1.54) is 35.2 Å². The molecule has 0 unspecified atom stereocenters. The van der Waals surface area contributed by atoms with Gasteiger partial charge < -0.3 is 10.5 Å². The van der Waals surface area contributed by atoms with Crippen LogP contribution >= 0.6 is 0 Å². The third-order valence-electron chi connectivity index (χ3n) is 4.43. The van der Waals surface area contributed by atoms with Crippen LogP contribution in [0, 0.1) is 5.82 Å². The molecular formula is C21H19FN8O3. The molecule has 2 heterocycles. The standard InChI is InChI=1S/C21H19FN8O3/c1-2-11-32-16-9-5-14(6-10-16)18-17(25-29-30(18)20-19(23)27-33-28-20)21(31)26-24-12-13-3-7-15(22)8-4-13/h3-10,12H,2,11H2,1H3,(H2,23,27)(H,26,31)/b24-12+. The number of carbonyl (C=O) groups is 1. The smallest absolute Gasteiger partial charge is 0.294 e. The fourth-order valence-corrected chi connectivity index (χ4v) is 2.88. The summed E-state index contributed by atoms with van der Waals surface area (Å²) in [6.07, 6.45) is 2.25. The maximum atomic E-state index is 13.0. The molecule has 0 bridgehead atoms. The second kappa shape index (κ2) is 9.68. The molecule has 0 fully saturated rings. The summed E-state index contributed by atoms with van der Waals surface area (Å²) in [5.41, 5.74) is 9.67. The van der Waals surface area contributed by atoms with E-state index in [9.17, 15) is 9.18 Å². The number of hydrazone groups is 1. The van der Waals surface area contributed by atoms with Gasteiger partial charge in [0.15, 0.2) is 5.69 Å². The van der Waals surface area contributed by atoms with Crippen LogP contribution in [0.5, 0.6) is 5.75 Å². The average Bonchev–Trinajstić information content (AvgIpc) is 3.45. The third kappa shape index (κ3) is 4.84. The first-order valence-corrected chi connectivity index (χ1v) is 9.93. The molecule has 33 heavy (non-hydrogen) atoms. The van der Waals surface area contributed by atoms with Gasteiger partial charge in [0, 0.05) is 5.56 Å². The van der Waals surface area contributed by atoms with E-state index in [4.69, 9.17) is 10.5 Å². The van der Waals surface area contributed by atoms with E-state index in [1.54, 1.807) is 24.3 Å². The number of nitrogens with one attached hydrogen (secondary N) is 1. The molecule has 0 saturated carbocycles. The summed E-state index contributed by atoms with van der Waals surface area (Å²) >= 11 is 0. The van der Waals surface area contributed by atoms with E-state index < -0.39 is 5.91 Å². The Kier molecular flexibility index (Phi) is 6.34. The monoisotopic (exact) mass is 450 g/mol. The second-order valence-electron chi connectivity index (χ2n) is 6.80. The summed E-state index contributed by atoms with van der Waals surface area (Å²) in [5.74, 6) is -0.263. The Morgan fingerprint density at radius 2 is 1.97 bits per heavy atom. The molecule has 0 aliphatic carbocycles. The molecule has 0 spiro atoms. The number of anilines is 1.